The molecule has 3 N–H and O–H groups in total. The number of amides is 1. The van der Waals surface area contributed by atoms with E-state index in [2.05, 4.69) is 19.2 Å². The maximum Gasteiger partial charge on any atom is 0.245 e. The van der Waals surface area contributed by atoms with Crippen molar-refractivity contribution >= 4 is 35.0 Å². The van der Waals surface area contributed by atoms with Crippen molar-refractivity contribution in [3.8, 4) is 0 Å². The molecule has 2 rings (SSSR count). The predicted molar refractivity (Wildman–Crippen MR) is 77.2 cm³/mol. The van der Waals surface area contributed by atoms with Gasteiger partial charge in [0, 0.05) is 21.9 Å². The minimum Gasteiger partial charge on any atom is -0.324 e. The van der Waals surface area contributed by atoms with Gasteiger partial charge < -0.3 is 11.1 Å². The molecule has 0 fully saturated rings. The van der Waals surface area contributed by atoms with Crippen LogP contribution in [0, 0.1) is 5.92 Å². The number of carbonyl (C=O) groups excluding carboxylic acids is 1. The summed E-state index contributed by atoms with van der Waals surface area (Å²) in [6.07, 6.45) is 1.15. The third-order valence-corrected chi connectivity index (χ3v) is 5.01. The van der Waals surface area contributed by atoms with Crippen LogP contribution < -0.4 is 11.1 Å². The second-order valence-electron chi connectivity index (χ2n) is 4.66. The van der Waals surface area contributed by atoms with Crippen LogP contribution in [0.25, 0.3) is 0 Å². The number of halogens is 1. The number of nitrogens with one attached hydrogen (secondary N) is 1. The first-order valence-corrected chi connectivity index (χ1v) is 7.42. The lowest BCUT2D eigenvalue weighted by atomic mass is 10.1. The molecule has 1 heterocycles. The minimum absolute atomic E-state index is 0.162. The Kier molecular flexibility index (Phi) is 4.20. The Labute approximate surface area is 116 Å². The molecule has 5 heteroatoms. The molecule has 1 aliphatic heterocycles. The van der Waals surface area contributed by atoms with Crippen molar-refractivity contribution in [2.75, 3.05) is 11.1 Å². The average Bonchev–Trinajstić information content (AvgIpc) is 2.62. The molecular formula is C13H17ClN2OS. The Morgan fingerprint density at radius 3 is 2.94 bits per heavy atom. The van der Waals surface area contributed by atoms with Gasteiger partial charge in [-0.15, -0.1) is 11.8 Å². The van der Waals surface area contributed by atoms with E-state index in [1.807, 2.05) is 6.07 Å². The number of hydrogen-bond donors (Lipinski definition) is 2. The first-order chi connectivity index (χ1) is 8.52. The van der Waals surface area contributed by atoms with Crippen molar-refractivity contribution in [2.45, 2.75) is 31.2 Å². The van der Waals surface area contributed by atoms with Crippen LogP contribution in [0.5, 0.6) is 0 Å². The fourth-order valence-corrected chi connectivity index (χ4v) is 3.18. The molecule has 2 atom stereocenters. The van der Waals surface area contributed by atoms with Gasteiger partial charge in [0.15, 0.2) is 0 Å². The molecule has 0 radical (unpaired) electrons. The molecular weight excluding hydrogens is 268 g/mol. The second-order valence-corrected chi connectivity index (χ2v) is 6.13. The van der Waals surface area contributed by atoms with Gasteiger partial charge in [0.1, 0.15) is 6.04 Å². The lowest BCUT2D eigenvalue weighted by Gasteiger charge is -2.11. The van der Waals surface area contributed by atoms with Crippen LogP contribution >= 0.6 is 23.4 Å². The minimum atomic E-state index is -0.592. The SMILES string of the molecule is CCC(C)CSc1cc2c(cc1Cl)C(N)C(=O)N2. The maximum absolute atomic E-state index is 11.5. The molecule has 0 spiro atoms. The van der Waals surface area contributed by atoms with E-state index in [-0.39, 0.29) is 5.91 Å². The largest absolute Gasteiger partial charge is 0.324 e. The summed E-state index contributed by atoms with van der Waals surface area (Å²) in [6, 6.07) is 3.14. The van der Waals surface area contributed by atoms with E-state index in [9.17, 15) is 4.79 Å². The van der Waals surface area contributed by atoms with Gasteiger partial charge in [0.25, 0.3) is 0 Å². The van der Waals surface area contributed by atoms with E-state index in [0.717, 1.165) is 28.3 Å². The molecule has 0 saturated heterocycles. The fraction of sp³-hybridized carbons (Fsp3) is 0.462. The zero-order valence-electron chi connectivity index (χ0n) is 10.5. The number of fused-ring (bicyclic) bond motifs is 1. The summed E-state index contributed by atoms with van der Waals surface area (Å²) in [5.74, 6) is 1.51. The molecule has 1 amide bonds. The highest BCUT2D eigenvalue weighted by Crippen LogP contribution is 2.38. The quantitative estimate of drug-likeness (QED) is 0.833. The third-order valence-electron chi connectivity index (χ3n) is 3.20. The van der Waals surface area contributed by atoms with Crippen LogP contribution in [0.1, 0.15) is 31.9 Å². The average molecular weight is 285 g/mol. The van der Waals surface area contributed by atoms with Gasteiger partial charge in [-0.25, -0.2) is 0 Å². The zero-order valence-corrected chi connectivity index (χ0v) is 12.1. The fourth-order valence-electron chi connectivity index (χ4n) is 1.75. The van der Waals surface area contributed by atoms with Crippen LogP contribution in [0.2, 0.25) is 5.02 Å². The Bertz CT molecular complexity index is 478. The number of anilines is 1. The van der Waals surface area contributed by atoms with Crippen molar-refractivity contribution in [2.24, 2.45) is 11.7 Å². The third kappa shape index (κ3) is 2.66. The van der Waals surface area contributed by atoms with Crippen LogP contribution in [0.4, 0.5) is 5.69 Å². The topological polar surface area (TPSA) is 55.1 Å². The normalized spacial score (nSPS) is 19.6. The number of nitrogens with two attached hydrogens (primary N) is 1. The van der Waals surface area contributed by atoms with Gasteiger partial charge in [-0.3, -0.25) is 4.79 Å². The highest BCUT2D eigenvalue weighted by Gasteiger charge is 2.28. The van der Waals surface area contributed by atoms with Gasteiger partial charge in [-0.1, -0.05) is 31.9 Å². The Balaban J connectivity index is 2.19. The number of benzene rings is 1. The highest BCUT2D eigenvalue weighted by molar-refractivity contribution is 7.99. The summed E-state index contributed by atoms with van der Waals surface area (Å²) >= 11 is 7.96. The molecule has 98 valence electrons. The first kappa shape index (κ1) is 13.7. The summed E-state index contributed by atoms with van der Waals surface area (Å²) < 4.78 is 0. The number of rotatable bonds is 4. The smallest absolute Gasteiger partial charge is 0.245 e. The van der Waals surface area contributed by atoms with Crippen molar-refractivity contribution in [3.05, 3.63) is 22.7 Å². The van der Waals surface area contributed by atoms with Gasteiger partial charge in [-0.05, 0) is 18.1 Å². The molecule has 3 nitrogen and oxygen atoms in total. The van der Waals surface area contributed by atoms with E-state index < -0.39 is 6.04 Å². The van der Waals surface area contributed by atoms with Gasteiger partial charge >= 0.3 is 0 Å². The Morgan fingerprint density at radius 1 is 1.56 bits per heavy atom. The predicted octanol–water partition coefficient (Wildman–Crippen LogP) is 3.43. The van der Waals surface area contributed by atoms with Gasteiger partial charge in [0.2, 0.25) is 5.91 Å². The summed E-state index contributed by atoms with van der Waals surface area (Å²) in [4.78, 5) is 12.5. The lowest BCUT2D eigenvalue weighted by Crippen LogP contribution is -2.19. The monoisotopic (exact) mass is 284 g/mol. The Morgan fingerprint density at radius 2 is 2.28 bits per heavy atom. The van der Waals surface area contributed by atoms with Crippen LogP contribution in [0.15, 0.2) is 17.0 Å². The van der Waals surface area contributed by atoms with E-state index in [0.29, 0.717) is 10.9 Å². The molecule has 0 aromatic heterocycles. The standard InChI is InChI=1S/C13H17ClN2OS/c1-3-7(2)6-18-11-5-10-8(4-9(11)14)12(15)13(17)16-10/h4-5,7,12H,3,6,15H2,1-2H3,(H,16,17). The van der Waals surface area contributed by atoms with Crippen LogP contribution in [-0.4, -0.2) is 11.7 Å². The molecule has 1 aromatic carbocycles. The highest BCUT2D eigenvalue weighted by atomic mass is 35.5. The van der Waals surface area contributed by atoms with E-state index in [4.69, 9.17) is 17.3 Å². The van der Waals surface area contributed by atoms with E-state index >= 15 is 0 Å². The second kappa shape index (κ2) is 5.51. The van der Waals surface area contributed by atoms with Crippen molar-refractivity contribution in [3.63, 3.8) is 0 Å². The molecule has 1 aliphatic rings. The van der Waals surface area contributed by atoms with E-state index in [1.54, 1.807) is 17.8 Å². The summed E-state index contributed by atoms with van der Waals surface area (Å²) in [6.45, 7) is 4.39. The Hall–Kier alpha value is -0.710. The first-order valence-electron chi connectivity index (χ1n) is 6.05. The lowest BCUT2D eigenvalue weighted by molar-refractivity contribution is -0.116. The van der Waals surface area contributed by atoms with Crippen molar-refractivity contribution in [1.29, 1.82) is 0 Å². The van der Waals surface area contributed by atoms with Crippen molar-refractivity contribution in [1.82, 2.24) is 0 Å². The summed E-state index contributed by atoms with van der Waals surface area (Å²) in [7, 11) is 0. The number of thioether (sulfide) groups is 1. The molecule has 18 heavy (non-hydrogen) atoms. The zero-order chi connectivity index (χ0) is 13.3. The number of hydrogen-bond acceptors (Lipinski definition) is 3. The molecule has 1 aromatic rings. The molecule has 2 unspecified atom stereocenters. The van der Waals surface area contributed by atoms with Crippen molar-refractivity contribution < 1.29 is 4.79 Å². The molecule has 0 aliphatic carbocycles. The number of carbonyl (C=O) groups is 1. The molecule has 0 bridgehead atoms. The van der Waals surface area contributed by atoms with E-state index in [1.165, 1.54) is 0 Å². The van der Waals surface area contributed by atoms with Crippen LogP contribution in [-0.2, 0) is 4.79 Å². The summed E-state index contributed by atoms with van der Waals surface area (Å²) in [5, 5.41) is 3.46. The summed E-state index contributed by atoms with van der Waals surface area (Å²) in [5.41, 5.74) is 7.36. The van der Waals surface area contributed by atoms with Gasteiger partial charge in [-0.2, -0.15) is 0 Å². The maximum atomic E-state index is 11.5. The molecule has 0 saturated carbocycles. The van der Waals surface area contributed by atoms with Crippen LogP contribution in [0.3, 0.4) is 0 Å². The van der Waals surface area contributed by atoms with Gasteiger partial charge in [0.05, 0.1) is 5.02 Å².